The van der Waals surface area contributed by atoms with Crippen molar-refractivity contribution in [1.82, 2.24) is 15.0 Å². The monoisotopic (exact) mass is 675 g/mol. The molecule has 49 heavy (non-hydrogen) atoms. The first-order valence-electron chi connectivity index (χ1n) is 17.0. The van der Waals surface area contributed by atoms with Gasteiger partial charge in [0, 0.05) is 36.0 Å². The molecule has 2 aliphatic rings. The standard InChI is InChI=1S/C39H41N5O4S/c1-24-27(19-21-40-36(24)47-26-12-6-5-7-13-26)28-17-18-33(42-34(28)37(46)48-39(2,3)4)44-22-20-25-11-10-14-29(30(25)23-44)35(45)43-38-41-31-15-8-9-16-32(31)49-38/h8-11,14-19,21,26H,5-7,12-13,20,22-23H2,1-4H3,(H,41,43,45). The number of fused-ring (bicyclic) bond motifs is 2. The summed E-state index contributed by atoms with van der Waals surface area (Å²) in [6.45, 7) is 8.69. The number of carbonyl (C=O) groups excluding carboxylic acids is 2. The molecule has 3 aromatic heterocycles. The second-order valence-corrected chi connectivity index (χ2v) is 14.8. The van der Waals surface area contributed by atoms with Crippen LogP contribution in [0.4, 0.5) is 10.9 Å². The molecule has 0 atom stereocenters. The fourth-order valence-corrected chi connectivity index (χ4v) is 7.53. The Kier molecular flexibility index (Phi) is 9.07. The van der Waals surface area contributed by atoms with Crippen molar-refractivity contribution in [2.75, 3.05) is 16.8 Å². The van der Waals surface area contributed by atoms with Crippen LogP contribution in [-0.2, 0) is 17.7 Å². The fraction of sp³-hybridized carbons (Fsp3) is 0.359. The highest BCUT2D eigenvalue weighted by molar-refractivity contribution is 7.22. The number of amides is 1. The van der Waals surface area contributed by atoms with Crippen molar-refractivity contribution >= 4 is 44.4 Å². The molecule has 5 aromatic rings. The number of hydrogen-bond acceptors (Lipinski definition) is 9. The van der Waals surface area contributed by atoms with E-state index in [1.165, 1.54) is 17.8 Å². The van der Waals surface area contributed by atoms with Gasteiger partial charge in [0.2, 0.25) is 5.88 Å². The summed E-state index contributed by atoms with van der Waals surface area (Å²) in [5, 5.41) is 3.58. The molecule has 0 bridgehead atoms. The second kappa shape index (κ2) is 13.6. The van der Waals surface area contributed by atoms with Gasteiger partial charge in [-0.25, -0.2) is 19.7 Å². The lowest BCUT2D eigenvalue weighted by atomic mass is 9.94. The Morgan fingerprint density at radius 2 is 1.76 bits per heavy atom. The average molecular weight is 676 g/mol. The van der Waals surface area contributed by atoms with E-state index in [-0.39, 0.29) is 17.7 Å². The van der Waals surface area contributed by atoms with E-state index >= 15 is 0 Å². The Morgan fingerprint density at radius 1 is 0.939 bits per heavy atom. The molecule has 0 unspecified atom stereocenters. The topological polar surface area (TPSA) is 107 Å². The number of anilines is 2. The van der Waals surface area contributed by atoms with Crippen molar-refractivity contribution in [1.29, 1.82) is 0 Å². The van der Waals surface area contributed by atoms with Gasteiger partial charge in [-0.3, -0.25) is 10.1 Å². The summed E-state index contributed by atoms with van der Waals surface area (Å²) in [4.78, 5) is 43.6. The van der Waals surface area contributed by atoms with Crippen LogP contribution in [0, 0.1) is 6.92 Å². The smallest absolute Gasteiger partial charge is 0.358 e. The maximum Gasteiger partial charge on any atom is 0.358 e. The van der Waals surface area contributed by atoms with E-state index < -0.39 is 11.6 Å². The summed E-state index contributed by atoms with van der Waals surface area (Å²) in [5.41, 5.74) is 5.41. The van der Waals surface area contributed by atoms with Crippen LogP contribution in [0.3, 0.4) is 0 Å². The van der Waals surface area contributed by atoms with Crippen LogP contribution in [0.1, 0.15) is 90.4 Å². The van der Waals surface area contributed by atoms with Gasteiger partial charge in [0.05, 0.1) is 10.2 Å². The van der Waals surface area contributed by atoms with Crippen LogP contribution in [0.2, 0.25) is 0 Å². The lowest BCUT2D eigenvalue weighted by molar-refractivity contribution is 0.00637. The minimum Gasteiger partial charge on any atom is -0.474 e. The SMILES string of the molecule is Cc1c(-c2ccc(N3CCc4cccc(C(=O)Nc5nc6ccccc6s5)c4C3)nc2C(=O)OC(C)(C)C)ccnc1OC1CCCCC1. The van der Waals surface area contributed by atoms with E-state index in [0.717, 1.165) is 64.6 Å². The van der Waals surface area contributed by atoms with Crippen molar-refractivity contribution in [3.63, 3.8) is 0 Å². The van der Waals surface area contributed by atoms with Crippen molar-refractivity contribution in [3.8, 4) is 17.0 Å². The summed E-state index contributed by atoms with van der Waals surface area (Å²) in [7, 11) is 0. The number of pyridine rings is 2. The van der Waals surface area contributed by atoms with E-state index in [0.29, 0.717) is 41.0 Å². The Morgan fingerprint density at radius 3 is 2.55 bits per heavy atom. The molecular weight excluding hydrogens is 635 g/mol. The van der Waals surface area contributed by atoms with Gasteiger partial charge < -0.3 is 14.4 Å². The number of rotatable bonds is 7. The zero-order valence-corrected chi connectivity index (χ0v) is 29.2. The molecule has 9 nitrogen and oxygen atoms in total. The van der Waals surface area contributed by atoms with Crippen molar-refractivity contribution in [3.05, 3.63) is 94.8 Å². The number of nitrogens with zero attached hydrogens (tertiary/aromatic N) is 4. The first-order valence-corrected chi connectivity index (χ1v) is 17.8. The second-order valence-electron chi connectivity index (χ2n) is 13.8. The molecule has 0 spiro atoms. The third-order valence-corrected chi connectivity index (χ3v) is 10.1. The molecule has 2 aromatic carbocycles. The zero-order chi connectivity index (χ0) is 34.1. The van der Waals surface area contributed by atoms with Gasteiger partial charge in [0.15, 0.2) is 10.8 Å². The number of thiazole rings is 1. The number of hydrogen-bond donors (Lipinski definition) is 1. The molecule has 4 heterocycles. The number of para-hydroxylation sites is 1. The third-order valence-electron chi connectivity index (χ3n) is 9.11. The Balaban J connectivity index is 1.19. The van der Waals surface area contributed by atoms with Crippen LogP contribution in [0.25, 0.3) is 21.3 Å². The van der Waals surface area contributed by atoms with Gasteiger partial charge in [-0.05, 0) is 113 Å². The molecule has 0 saturated heterocycles. The number of esters is 1. The molecular formula is C39H41N5O4S. The number of benzene rings is 2. The number of aromatic nitrogens is 3. The van der Waals surface area contributed by atoms with Gasteiger partial charge >= 0.3 is 5.97 Å². The number of ether oxygens (including phenoxy) is 2. The highest BCUT2D eigenvalue weighted by Gasteiger charge is 2.28. The van der Waals surface area contributed by atoms with Crippen LogP contribution in [-0.4, -0.2) is 45.1 Å². The largest absolute Gasteiger partial charge is 0.474 e. The van der Waals surface area contributed by atoms with E-state index in [9.17, 15) is 9.59 Å². The summed E-state index contributed by atoms with van der Waals surface area (Å²) in [6.07, 6.45) is 8.22. The van der Waals surface area contributed by atoms with Crippen molar-refractivity contribution < 1.29 is 19.1 Å². The maximum atomic E-state index is 13.8. The predicted molar refractivity (Wildman–Crippen MR) is 194 cm³/mol. The van der Waals surface area contributed by atoms with Gasteiger partial charge in [-0.15, -0.1) is 0 Å². The molecule has 1 fully saturated rings. The zero-order valence-electron chi connectivity index (χ0n) is 28.4. The Bertz CT molecular complexity index is 2000. The molecule has 0 radical (unpaired) electrons. The molecule has 10 heteroatoms. The molecule has 1 N–H and O–H groups in total. The molecule has 1 aliphatic carbocycles. The average Bonchev–Trinajstić information content (AvgIpc) is 3.50. The fourth-order valence-electron chi connectivity index (χ4n) is 6.67. The summed E-state index contributed by atoms with van der Waals surface area (Å²) < 4.78 is 13.3. The molecule has 7 rings (SSSR count). The highest BCUT2D eigenvalue weighted by atomic mass is 32.1. The van der Waals surface area contributed by atoms with Crippen molar-refractivity contribution in [2.24, 2.45) is 0 Å². The summed E-state index contributed by atoms with van der Waals surface area (Å²) in [5.74, 6) is 0.536. The van der Waals surface area contributed by atoms with E-state index in [1.54, 1.807) is 6.20 Å². The van der Waals surface area contributed by atoms with Crippen molar-refractivity contribution in [2.45, 2.75) is 84.5 Å². The Hall–Kier alpha value is -4.83. The lowest BCUT2D eigenvalue weighted by Gasteiger charge is -2.31. The van der Waals surface area contributed by atoms with Gasteiger partial charge in [0.1, 0.15) is 17.5 Å². The first-order chi connectivity index (χ1) is 23.6. The van der Waals surface area contributed by atoms with E-state index in [2.05, 4.69) is 26.3 Å². The van der Waals surface area contributed by atoms with Gasteiger partial charge in [0.25, 0.3) is 5.91 Å². The highest BCUT2D eigenvalue weighted by Crippen LogP contribution is 2.35. The predicted octanol–water partition coefficient (Wildman–Crippen LogP) is 8.54. The molecule has 1 aliphatic heterocycles. The first kappa shape index (κ1) is 32.7. The molecule has 1 amide bonds. The van der Waals surface area contributed by atoms with Gasteiger partial charge in [-0.1, -0.05) is 42.0 Å². The third kappa shape index (κ3) is 7.15. The maximum absolute atomic E-state index is 13.8. The minimum atomic E-state index is -0.704. The number of nitrogens with one attached hydrogen (secondary N) is 1. The van der Waals surface area contributed by atoms with Gasteiger partial charge in [-0.2, -0.15) is 0 Å². The normalized spacial score (nSPS) is 15.1. The lowest BCUT2D eigenvalue weighted by Crippen LogP contribution is -2.33. The van der Waals surface area contributed by atoms with Crippen LogP contribution >= 0.6 is 11.3 Å². The minimum absolute atomic E-state index is 0.149. The van der Waals surface area contributed by atoms with Crippen LogP contribution in [0.15, 0.2) is 66.9 Å². The Labute approximate surface area is 290 Å². The molecule has 1 saturated carbocycles. The quantitative estimate of drug-likeness (QED) is 0.171. The van der Waals surface area contributed by atoms with E-state index in [4.69, 9.17) is 14.5 Å². The summed E-state index contributed by atoms with van der Waals surface area (Å²) >= 11 is 1.45. The van der Waals surface area contributed by atoms with Crippen LogP contribution in [0.5, 0.6) is 5.88 Å². The molecule has 252 valence electrons. The summed E-state index contributed by atoms with van der Waals surface area (Å²) in [6, 6.07) is 19.5. The van der Waals surface area contributed by atoms with E-state index in [1.807, 2.05) is 82.3 Å². The van der Waals surface area contributed by atoms with Crippen LogP contribution < -0.4 is 15.0 Å². The number of carbonyl (C=O) groups is 2.